The van der Waals surface area contributed by atoms with Gasteiger partial charge in [0.05, 0.1) is 13.0 Å². The van der Waals surface area contributed by atoms with E-state index in [1.54, 1.807) is 13.0 Å². The van der Waals surface area contributed by atoms with E-state index in [2.05, 4.69) is 11.9 Å². The number of rotatable bonds is 7. The van der Waals surface area contributed by atoms with Crippen molar-refractivity contribution in [1.82, 2.24) is 5.32 Å². The van der Waals surface area contributed by atoms with Crippen molar-refractivity contribution < 1.29 is 14.3 Å². The summed E-state index contributed by atoms with van der Waals surface area (Å²) >= 11 is 0. The largest absolute Gasteiger partial charge is 0.464 e. The fourth-order valence-electron chi connectivity index (χ4n) is 1.65. The van der Waals surface area contributed by atoms with Crippen molar-refractivity contribution in [3.63, 3.8) is 0 Å². The van der Waals surface area contributed by atoms with Crippen LogP contribution in [-0.4, -0.2) is 24.5 Å². The lowest BCUT2D eigenvalue weighted by Crippen LogP contribution is -2.42. The summed E-state index contributed by atoms with van der Waals surface area (Å²) in [5.41, 5.74) is 0.904. The number of carbonyl (C=O) groups excluding carboxylic acids is 2. The van der Waals surface area contributed by atoms with Crippen LogP contribution in [0.1, 0.15) is 18.9 Å². The molecule has 0 aliphatic carbocycles. The van der Waals surface area contributed by atoms with Crippen LogP contribution in [0.15, 0.2) is 43.0 Å². The van der Waals surface area contributed by atoms with Gasteiger partial charge < -0.3 is 10.1 Å². The quantitative estimate of drug-likeness (QED) is 0.602. The van der Waals surface area contributed by atoms with Gasteiger partial charge in [0.2, 0.25) is 5.91 Å². The first kappa shape index (κ1) is 15.0. The van der Waals surface area contributed by atoms with Crippen LogP contribution in [-0.2, 0) is 20.7 Å². The molecule has 0 aromatic heterocycles. The molecule has 1 aromatic rings. The fourth-order valence-corrected chi connectivity index (χ4v) is 1.65. The molecule has 1 atom stereocenters. The van der Waals surface area contributed by atoms with Crippen LogP contribution in [0.4, 0.5) is 0 Å². The number of carbonyl (C=O) groups is 2. The summed E-state index contributed by atoms with van der Waals surface area (Å²) in [5, 5.41) is 2.67. The van der Waals surface area contributed by atoms with Crippen molar-refractivity contribution in [2.45, 2.75) is 25.8 Å². The molecule has 1 rings (SSSR count). The van der Waals surface area contributed by atoms with Crippen molar-refractivity contribution in [2.75, 3.05) is 6.61 Å². The summed E-state index contributed by atoms with van der Waals surface area (Å²) in [4.78, 5) is 23.5. The smallest absolute Gasteiger partial charge is 0.328 e. The zero-order chi connectivity index (χ0) is 14.1. The van der Waals surface area contributed by atoms with Gasteiger partial charge in [-0.25, -0.2) is 4.79 Å². The lowest BCUT2D eigenvalue weighted by Gasteiger charge is -2.15. The molecular weight excluding hydrogens is 242 g/mol. The zero-order valence-corrected chi connectivity index (χ0v) is 11.1. The van der Waals surface area contributed by atoms with E-state index in [-0.39, 0.29) is 12.3 Å². The van der Waals surface area contributed by atoms with Gasteiger partial charge in [-0.05, 0) is 18.9 Å². The van der Waals surface area contributed by atoms with E-state index in [9.17, 15) is 9.59 Å². The molecule has 0 saturated heterocycles. The molecule has 19 heavy (non-hydrogen) atoms. The Balaban J connectivity index is 2.56. The van der Waals surface area contributed by atoms with Crippen molar-refractivity contribution in [2.24, 2.45) is 0 Å². The first-order valence-corrected chi connectivity index (χ1v) is 6.28. The van der Waals surface area contributed by atoms with Crippen molar-refractivity contribution in [3.8, 4) is 0 Å². The molecule has 1 N–H and O–H groups in total. The Morgan fingerprint density at radius 3 is 2.63 bits per heavy atom. The van der Waals surface area contributed by atoms with Gasteiger partial charge in [-0.3, -0.25) is 4.79 Å². The van der Waals surface area contributed by atoms with E-state index in [1.807, 2.05) is 30.3 Å². The third-order valence-electron chi connectivity index (χ3n) is 2.52. The lowest BCUT2D eigenvalue weighted by molar-refractivity contribution is -0.147. The minimum Gasteiger partial charge on any atom is -0.464 e. The number of ether oxygens (including phenoxy) is 1. The van der Waals surface area contributed by atoms with Gasteiger partial charge in [-0.2, -0.15) is 0 Å². The monoisotopic (exact) mass is 261 g/mol. The first-order chi connectivity index (χ1) is 9.17. The zero-order valence-electron chi connectivity index (χ0n) is 11.1. The first-order valence-electron chi connectivity index (χ1n) is 6.28. The van der Waals surface area contributed by atoms with Crippen molar-refractivity contribution in [3.05, 3.63) is 48.6 Å². The highest BCUT2D eigenvalue weighted by atomic mass is 16.5. The Hall–Kier alpha value is -2.10. The minimum atomic E-state index is -0.659. The highest BCUT2D eigenvalue weighted by Gasteiger charge is 2.20. The van der Waals surface area contributed by atoms with Gasteiger partial charge >= 0.3 is 5.97 Å². The molecule has 0 fully saturated rings. The summed E-state index contributed by atoms with van der Waals surface area (Å²) in [7, 11) is 0. The summed E-state index contributed by atoms with van der Waals surface area (Å²) in [5.74, 6) is -0.630. The molecule has 0 radical (unpaired) electrons. The van der Waals surface area contributed by atoms with Crippen LogP contribution < -0.4 is 5.32 Å². The molecule has 0 bridgehead atoms. The molecule has 102 valence electrons. The van der Waals surface area contributed by atoms with Crippen molar-refractivity contribution >= 4 is 11.9 Å². The minimum absolute atomic E-state index is 0.203. The lowest BCUT2D eigenvalue weighted by atomic mass is 10.1. The van der Waals surface area contributed by atoms with Crippen molar-refractivity contribution in [1.29, 1.82) is 0 Å². The highest BCUT2D eigenvalue weighted by molar-refractivity contribution is 5.85. The maximum Gasteiger partial charge on any atom is 0.328 e. The fraction of sp³-hybridized carbons (Fsp3) is 0.333. The van der Waals surface area contributed by atoms with Crippen LogP contribution in [0.25, 0.3) is 0 Å². The predicted octanol–water partition coefficient (Wildman–Crippen LogP) is 1.85. The third-order valence-corrected chi connectivity index (χ3v) is 2.52. The number of amides is 1. The molecule has 1 amide bonds. The van der Waals surface area contributed by atoms with Gasteiger partial charge in [0.15, 0.2) is 0 Å². The van der Waals surface area contributed by atoms with E-state index in [4.69, 9.17) is 4.74 Å². The van der Waals surface area contributed by atoms with Crippen LogP contribution >= 0.6 is 0 Å². The standard InChI is InChI=1S/C15H19NO3/c1-3-8-13(15(18)19-4-2)16-14(17)11-12-9-6-5-7-10-12/h3,5-7,9-10,13H,1,4,8,11H2,2H3,(H,16,17)/t13-/m1/s1. The van der Waals surface area contributed by atoms with Crippen LogP contribution in [0.2, 0.25) is 0 Å². The SMILES string of the molecule is C=CC[C@@H](NC(=O)Cc1ccccc1)C(=O)OCC. The summed E-state index contributed by atoms with van der Waals surface area (Å²) in [6, 6.07) is 8.71. The van der Waals surface area contributed by atoms with Gasteiger partial charge in [-0.1, -0.05) is 36.4 Å². The number of esters is 1. The molecular formula is C15H19NO3. The maximum atomic E-state index is 11.9. The van der Waals surface area contributed by atoms with E-state index in [1.165, 1.54) is 0 Å². The molecule has 4 heteroatoms. The highest BCUT2D eigenvalue weighted by Crippen LogP contribution is 2.02. The second-order valence-corrected chi connectivity index (χ2v) is 4.06. The van der Waals surface area contributed by atoms with Gasteiger partial charge in [0.1, 0.15) is 6.04 Å². The van der Waals surface area contributed by atoms with E-state index >= 15 is 0 Å². The Kier molecular flexibility index (Phi) is 6.36. The Bertz CT molecular complexity index is 428. The van der Waals surface area contributed by atoms with Gasteiger partial charge in [0.25, 0.3) is 0 Å². The molecule has 0 spiro atoms. The predicted molar refractivity (Wildman–Crippen MR) is 73.5 cm³/mol. The van der Waals surface area contributed by atoms with Crippen LogP contribution in [0.5, 0.6) is 0 Å². The molecule has 0 aliphatic rings. The van der Waals surface area contributed by atoms with Crippen LogP contribution in [0.3, 0.4) is 0 Å². The van der Waals surface area contributed by atoms with E-state index in [0.29, 0.717) is 13.0 Å². The van der Waals surface area contributed by atoms with Gasteiger partial charge in [0, 0.05) is 0 Å². The van der Waals surface area contributed by atoms with E-state index < -0.39 is 12.0 Å². The van der Waals surface area contributed by atoms with Gasteiger partial charge in [-0.15, -0.1) is 6.58 Å². The number of hydrogen-bond donors (Lipinski definition) is 1. The normalized spacial score (nSPS) is 11.4. The molecule has 1 aromatic carbocycles. The third kappa shape index (κ3) is 5.38. The molecule has 0 aliphatic heterocycles. The topological polar surface area (TPSA) is 55.4 Å². The van der Waals surface area contributed by atoms with Crippen LogP contribution in [0, 0.1) is 0 Å². The Morgan fingerprint density at radius 2 is 2.05 bits per heavy atom. The number of benzene rings is 1. The number of nitrogens with one attached hydrogen (secondary N) is 1. The molecule has 4 nitrogen and oxygen atoms in total. The second kappa shape index (κ2) is 8.08. The number of hydrogen-bond acceptors (Lipinski definition) is 3. The summed E-state index contributed by atoms with van der Waals surface area (Å²) in [6.07, 6.45) is 2.19. The summed E-state index contributed by atoms with van der Waals surface area (Å²) < 4.78 is 4.91. The molecule has 0 saturated carbocycles. The average molecular weight is 261 g/mol. The maximum absolute atomic E-state index is 11.9. The van der Waals surface area contributed by atoms with E-state index in [0.717, 1.165) is 5.56 Å². The molecule has 0 heterocycles. The Labute approximate surface area is 113 Å². The summed E-state index contributed by atoms with van der Waals surface area (Å²) in [6.45, 7) is 5.60. The average Bonchev–Trinajstić information content (AvgIpc) is 2.39. The Morgan fingerprint density at radius 1 is 1.37 bits per heavy atom. The molecule has 0 unspecified atom stereocenters. The second-order valence-electron chi connectivity index (χ2n) is 4.06.